The summed E-state index contributed by atoms with van der Waals surface area (Å²) < 4.78 is 5.39. The molecule has 0 saturated carbocycles. The van der Waals surface area contributed by atoms with Crippen molar-refractivity contribution >= 4 is 17.7 Å². The van der Waals surface area contributed by atoms with Crippen molar-refractivity contribution in [3.8, 4) is 0 Å². The molecule has 1 aromatic carbocycles. The average molecular weight is 373 g/mol. The molecule has 2 heterocycles. The molecule has 0 spiro atoms. The summed E-state index contributed by atoms with van der Waals surface area (Å²) in [5, 5.41) is 9.57. The summed E-state index contributed by atoms with van der Waals surface area (Å²) in [7, 11) is 0. The molecular formula is C21H31N3O3. The maximum absolute atomic E-state index is 12.5. The normalized spacial score (nSPS) is 23.0. The Morgan fingerprint density at radius 2 is 1.93 bits per heavy atom. The number of rotatable bonds is 5. The Kier molecular flexibility index (Phi) is 6.88. The minimum Gasteiger partial charge on any atom is -0.392 e. The van der Waals surface area contributed by atoms with Gasteiger partial charge in [-0.05, 0) is 37.6 Å². The third kappa shape index (κ3) is 5.54. The zero-order chi connectivity index (χ0) is 19.2. The van der Waals surface area contributed by atoms with Crippen molar-refractivity contribution in [3.05, 3.63) is 35.9 Å². The van der Waals surface area contributed by atoms with Gasteiger partial charge < -0.3 is 19.6 Å². The molecule has 0 bridgehead atoms. The van der Waals surface area contributed by atoms with Gasteiger partial charge in [0.15, 0.2) is 0 Å². The summed E-state index contributed by atoms with van der Waals surface area (Å²) in [6.07, 6.45) is 3.22. The van der Waals surface area contributed by atoms with E-state index in [1.54, 1.807) is 13.0 Å². The third-order valence-corrected chi connectivity index (χ3v) is 5.26. The van der Waals surface area contributed by atoms with Crippen LogP contribution in [0.4, 0.5) is 5.69 Å². The Labute approximate surface area is 162 Å². The molecule has 1 N–H and O–H groups in total. The second-order valence-electron chi connectivity index (χ2n) is 7.50. The van der Waals surface area contributed by atoms with Crippen molar-refractivity contribution in [2.75, 3.05) is 57.4 Å². The molecule has 2 aliphatic rings. The number of β-amino-alcohol motifs (C(OH)–C–C–N with tert-alkyl or cyclic N) is 1. The number of aliphatic hydroxyl groups excluding tert-OH is 1. The number of aliphatic hydroxyl groups is 1. The van der Waals surface area contributed by atoms with Gasteiger partial charge in [-0.25, -0.2) is 0 Å². The number of piperazine rings is 1. The molecular weight excluding hydrogens is 342 g/mol. The number of nitrogens with zero attached hydrogens (tertiary/aromatic N) is 3. The lowest BCUT2D eigenvalue weighted by atomic mass is 10.1. The predicted molar refractivity (Wildman–Crippen MR) is 108 cm³/mol. The lowest BCUT2D eigenvalue weighted by Crippen LogP contribution is -2.54. The fraction of sp³-hybridized carbons (Fsp3) is 0.571. The monoisotopic (exact) mass is 373 g/mol. The lowest BCUT2D eigenvalue weighted by molar-refractivity contribution is -0.129. The number of hydrogen-bond donors (Lipinski definition) is 1. The van der Waals surface area contributed by atoms with E-state index in [0.717, 1.165) is 38.4 Å². The Morgan fingerprint density at radius 1 is 1.22 bits per heavy atom. The first-order valence-electron chi connectivity index (χ1n) is 9.85. The molecule has 3 rings (SSSR count). The zero-order valence-corrected chi connectivity index (χ0v) is 16.4. The van der Waals surface area contributed by atoms with Crippen LogP contribution in [0.1, 0.15) is 19.4 Å². The largest absolute Gasteiger partial charge is 0.392 e. The predicted octanol–water partition coefficient (Wildman–Crippen LogP) is 1.45. The Bertz CT molecular complexity index is 639. The van der Waals surface area contributed by atoms with Gasteiger partial charge in [-0.2, -0.15) is 0 Å². The number of hydrogen-bond acceptors (Lipinski definition) is 5. The highest BCUT2D eigenvalue weighted by atomic mass is 16.5. The number of benzene rings is 1. The SMILES string of the molecule is CC(O)CN1CCN(C(=O)/C=C/c2ccc(N3CCOCC3)cc2)CC1C. The maximum Gasteiger partial charge on any atom is 0.246 e. The van der Waals surface area contributed by atoms with Crippen LogP contribution in [0.15, 0.2) is 30.3 Å². The highest BCUT2D eigenvalue weighted by Crippen LogP contribution is 2.17. The summed E-state index contributed by atoms with van der Waals surface area (Å²) in [4.78, 5) is 19.0. The number of ether oxygens (including phenoxy) is 1. The minimum absolute atomic E-state index is 0.0517. The Hall–Kier alpha value is -1.89. The van der Waals surface area contributed by atoms with E-state index in [2.05, 4.69) is 41.0 Å². The number of amides is 1. The summed E-state index contributed by atoms with van der Waals surface area (Å²) in [5.41, 5.74) is 2.23. The van der Waals surface area contributed by atoms with E-state index in [0.29, 0.717) is 19.6 Å². The molecule has 1 aromatic rings. The molecule has 2 unspecified atom stereocenters. The van der Waals surface area contributed by atoms with Gasteiger partial charge in [-0.3, -0.25) is 9.69 Å². The minimum atomic E-state index is -0.338. The number of morpholine rings is 1. The number of carbonyl (C=O) groups excluding carboxylic acids is 1. The van der Waals surface area contributed by atoms with Crippen molar-refractivity contribution in [1.82, 2.24) is 9.80 Å². The van der Waals surface area contributed by atoms with Gasteiger partial charge in [0, 0.05) is 57.1 Å². The summed E-state index contributed by atoms with van der Waals surface area (Å²) in [5.74, 6) is 0.0517. The van der Waals surface area contributed by atoms with Crippen LogP contribution < -0.4 is 4.90 Å². The van der Waals surface area contributed by atoms with Crippen LogP contribution in [0, 0.1) is 0 Å². The van der Waals surface area contributed by atoms with Crippen LogP contribution >= 0.6 is 0 Å². The Morgan fingerprint density at radius 3 is 2.56 bits per heavy atom. The standard InChI is InChI=1S/C21H31N3O3/c1-17-15-24(10-9-23(17)16-18(2)25)21(26)8-5-19-3-6-20(7-4-19)22-11-13-27-14-12-22/h3-8,17-18,25H,9-16H2,1-2H3/b8-5+. The molecule has 0 aliphatic carbocycles. The van der Waals surface area contributed by atoms with Gasteiger partial charge in [0.05, 0.1) is 19.3 Å². The van der Waals surface area contributed by atoms with Gasteiger partial charge >= 0.3 is 0 Å². The summed E-state index contributed by atoms with van der Waals surface area (Å²) in [6.45, 7) is 10.2. The lowest BCUT2D eigenvalue weighted by Gasteiger charge is -2.40. The van der Waals surface area contributed by atoms with E-state index in [1.165, 1.54) is 5.69 Å². The third-order valence-electron chi connectivity index (χ3n) is 5.26. The van der Waals surface area contributed by atoms with E-state index in [9.17, 15) is 9.90 Å². The van der Waals surface area contributed by atoms with Crippen LogP contribution in [0.5, 0.6) is 0 Å². The second-order valence-corrected chi connectivity index (χ2v) is 7.50. The molecule has 2 saturated heterocycles. The van der Waals surface area contributed by atoms with Crippen LogP contribution in [0.25, 0.3) is 6.08 Å². The van der Waals surface area contributed by atoms with Crippen molar-refractivity contribution in [2.45, 2.75) is 26.0 Å². The highest BCUT2D eigenvalue weighted by Gasteiger charge is 2.26. The zero-order valence-electron chi connectivity index (χ0n) is 16.4. The topological polar surface area (TPSA) is 56.2 Å². The van der Waals surface area contributed by atoms with Crippen LogP contribution in [-0.4, -0.2) is 85.4 Å². The fourth-order valence-corrected chi connectivity index (χ4v) is 3.70. The molecule has 0 radical (unpaired) electrons. The summed E-state index contributed by atoms with van der Waals surface area (Å²) >= 11 is 0. The van der Waals surface area contributed by atoms with Crippen LogP contribution in [0.3, 0.4) is 0 Å². The second kappa shape index (κ2) is 9.35. The molecule has 2 atom stereocenters. The van der Waals surface area contributed by atoms with Crippen molar-refractivity contribution in [2.24, 2.45) is 0 Å². The highest BCUT2D eigenvalue weighted by molar-refractivity contribution is 5.92. The van der Waals surface area contributed by atoms with Gasteiger partial charge in [-0.1, -0.05) is 12.1 Å². The van der Waals surface area contributed by atoms with Crippen molar-refractivity contribution in [1.29, 1.82) is 0 Å². The first kappa shape index (κ1) is 19.9. The maximum atomic E-state index is 12.5. The number of carbonyl (C=O) groups is 1. The van der Waals surface area contributed by atoms with Crippen molar-refractivity contribution < 1.29 is 14.6 Å². The van der Waals surface area contributed by atoms with Gasteiger partial charge in [0.25, 0.3) is 0 Å². The van der Waals surface area contributed by atoms with Gasteiger partial charge in [0.2, 0.25) is 5.91 Å². The fourth-order valence-electron chi connectivity index (χ4n) is 3.70. The average Bonchev–Trinajstić information content (AvgIpc) is 2.68. The van der Waals surface area contributed by atoms with Crippen LogP contribution in [0.2, 0.25) is 0 Å². The molecule has 2 fully saturated rings. The van der Waals surface area contributed by atoms with Crippen LogP contribution in [-0.2, 0) is 9.53 Å². The quantitative estimate of drug-likeness (QED) is 0.792. The number of anilines is 1. The van der Waals surface area contributed by atoms with E-state index in [1.807, 2.05) is 11.0 Å². The smallest absolute Gasteiger partial charge is 0.246 e. The Balaban J connectivity index is 1.52. The molecule has 1 amide bonds. The van der Waals surface area contributed by atoms with E-state index < -0.39 is 0 Å². The van der Waals surface area contributed by atoms with Gasteiger partial charge in [-0.15, -0.1) is 0 Å². The first-order valence-corrected chi connectivity index (χ1v) is 9.85. The van der Waals surface area contributed by atoms with Crippen molar-refractivity contribution in [3.63, 3.8) is 0 Å². The van der Waals surface area contributed by atoms with E-state index in [-0.39, 0.29) is 18.1 Å². The molecule has 27 heavy (non-hydrogen) atoms. The summed E-state index contributed by atoms with van der Waals surface area (Å²) in [6, 6.07) is 8.58. The molecule has 6 heteroatoms. The van der Waals surface area contributed by atoms with E-state index >= 15 is 0 Å². The molecule has 148 valence electrons. The molecule has 0 aromatic heterocycles. The molecule has 6 nitrogen and oxygen atoms in total. The van der Waals surface area contributed by atoms with Gasteiger partial charge in [0.1, 0.15) is 0 Å². The van der Waals surface area contributed by atoms with E-state index in [4.69, 9.17) is 4.74 Å². The molecule has 2 aliphatic heterocycles. The first-order chi connectivity index (χ1) is 13.0.